The number of piperidine rings is 1. The topological polar surface area (TPSA) is 104 Å². The summed E-state index contributed by atoms with van der Waals surface area (Å²) in [5.74, 6) is -3.05. The van der Waals surface area contributed by atoms with Gasteiger partial charge in [-0.25, -0.2) is 0 Å². The molecule has 1 N–H and O–H groups in total. The van der Waals surface area contributed by atoms with Gasteiger partial charge < -0.3 is 9.84 Å². The van der Waals surface area contributed by atoms with Gasteiger partial charge in [0, 0.05) is 53.3 Å². The molecule has 0 bridgehead atoms. The van der Waals surface area contributed by atoms with Crippen molar-refractivity contribution < 1.29 is 29.0 Å². The largest absolute Gasteiger partial charge is 0.503 e. The fourth-order valence-corrected chi connectivity index (χ4v) is 9.50. The molecule has 2 amide bonds. The second kappa shape index (κ2) is 12.3. The Balaban J connectivity index is 1.23. The van der Waals surface area contributed by atoms with E-state index in [-0.39, 0.29) is 51.8 Å². The Morgan fingerprint density at radius 3 is 2.37 bits per heavy atom. The summed E-state index contributed by atoms with van der Waals surface area (Å²) in [7, 11) is 1.44. The molecule has 46 heavy (non-hydrogen) atoms. The minimum absolute atomic E-state index is 0.104. The van der Waals surface area contributed by atoms with E-state index in [1.807, 2.05) is 24.3 Å². The molecule has 2 fully saturated rings. The monoisotopic (exact) mass is 812 g/mol. The molecule has 5 aliphatic rings. The van der Waals surface area contributed by atoms with Crippen LogP contribution in [0.5, 0.6) is 11.5 Å². The normalized spacial score (nSPS) is 26.9. The molecule has 11 heteroatoms. The number of phenols is 1. The highest BCUT2D eigenvalue weighted by Crippen LogP contribution is 2.58. The summed E-state index contributed by atoms with van der Waals surface area (Å²) in [5.41, 5.74) is 3.41. The van der Waals surface area contributed by atoms with Crippen LogP contribution < -0.4 is 4.74 Å². The maximum Gasteiger partial charge on any atom is 0.233 e. The number of amides is 2. The molecule has 2 heterocycles. The van der Waals surface area contributed by atoms with Crippen molar-refractivity contribution in [2.75, 3.05) is 20.2 Å². The highest BCUT2D eigenvalue weighted by Gasteiger charge is 2.57. The maximum atomic E-state index is 14.4. The summed E-state index contributed by atoms with van der Waals surface area (Å²) in [6.07, 6.45) is 5.30. The molecule has 3 aliphatic carbocycles. The summed E-state index contributed by atoms with van der Waals surface area (Å²) >= 11 is 10.3. The molecule has 2 aromatic carbocycles. The van der Waals surface area contributed by atoms with Crippen molar-refractivity contribution in [1.82, 2.24) is 9.80 Å². The first-order valence-corrected chi connectivity index (χ1v) is 17.8. The Morgan fingerprint density at radius 1 is 0.957 bits per heavy atom. The van der Waals surface area contributed by atoms with Gasteiger partial charge in [0.25, 0.3) is 0 Å². The van der Waals surface area contributed by atoms with Crippen molar-refractivity contribution in [2.24, 2.45) is 17.8 Å². The van der Waals surface area contributed by atoms with Gasteiger partial charge in [-0.05, 0) is 96.6 Å². The number of rotatable bonds is 5. The average molecular weight is 815 g/mol. The average Bonchev–Trinajstić information content (AvgIpc) is 3.32. The molecule has 0 unspecified atom stereocenters. The number of hydrogen-bond acceptors (Lipinski definition) is 7. The predicted molar refractivity (Wildman–Crippen MR) is 181 cm³/mol. The number of ether oxygens (including phenoxy) is 1. The number of methoxy groups -OCH3 is 1. The highest BCUT2D eigenvalue weighted by atomic mass is 79.9. The van der Waals surface area contributed by atoms with Crippen molar-refractivity contribution >= 4 is 71.2 Å². The summed E-state index contributed by atoms with van der Waals surface area (Å²) in [5, 5.41) is 10.7. The second-order valence-electron chi connectivity index (χ2n) is 12.6. The molecule has 7 rings (SSSR count). The number of carbonyl (C=O) groups excluding carboxylic acids is 4. The van der Waals surface area contributed by atoms with Crippen LogP contribution in [0, 0.1) is 17.8 Å². The third-order valence-electron chi connectivity index (χ3n) is 10.2. The lowest BCUT2D eigenvalue weighted by atomic mass is 9.59. The number of phenolic OH excluding ortho intramolecular Hbond substituents is 1. The van der Waals surface area contributed by atoms with Crippen LogP contribution in [0.2, 0.25) is 0 Å². The Kier molecular flexibility index (Phi) is 8.48. The summed E-state index contributed by atoms with van der Waals surface area (Å²) in [6.45, 7) is 2.42. The number of carbonyl (C=O) groups is 4. The minimum Gasteiger partial charge on any atom is -0.503 e. The molecule has 2 aliphatic heterocycles. The van der Waals surface area contributed by atoms with Crippen molar-refractivity contribution in [3.63, 3.8) is 0 Å². The van der Waals surface area contributed by atoms with Crippen LogP contribution in [-0.4, -0.2) is 64.5 Å². The highest BCUT2D eigenvalue weighted by molar-refractivity contribution is 9.13. The molecule has 2 aromatic rings. The van der Waals surface area contributed by atoms with Gasteiger partial charge in [0.15, 0.2) is 23.1 Å². The first-order chi connectivity index (χ1) is 22.1. The van der Waals surface area contributed by atoms with E-state index in [9.17, 15) is 24.3 Å². The lowest BCUT2D eigenvalue weighted by molar-refractivity contribution is -0.144. The van der Waals surface area contributed by atoms with E-state index in [1.165, 1.54) is 23.6 Å². The lowest BCUT2D eigenvalue weighted by Crippen LogP contribution is -2.47. The van der Waals surface area contributed by atoms with E-state index in [4.69, 9.17) is 4.74 Å². The third-order valence-corrected chi connectivity index (χ3v) is 13.0. The standard InChI is InChI=1S/C35H31Br3N2O6/c1-46-26-14-22(30(37)31(38)33(26)43)27-19-7-8-20-28(21(19)13-23-29(27)25(41)15-24(36)32(23)42)35(45)40(34(20)44)18-9-11-39(12-10-18)16-17-5-3-2-4-6-17/h2-7,14-15,18,20-21,27-28,43H,8-13,16H2,1H3/t20-,21+,27+,28-/m0/s1. The summed E-state index contributed by atoms with van der Waals surface area (Å²) < 4.78 is 6.49. The van der Waals surface area contributed by atoms with Crippen molar-refractivity contribution in [3.05, 3.63) is 89.8 Å². The zero-order valence-corrected chi connectivity index (χ0v) is 29.7. The maximum absolute atomic E-state index is 14.4. The number of allylic oxidation sites excluding steroid dienone is 6. The number of halogens is 3. The van der Waals surface area contributed by atoms with Gasteiger partial charge in [0.05, 0.1) is 27.9 Å². The van der Waals surface area contributed by atoms with Crippen molar-refractivity contribution in [1.29, 1.82) is 0 Å². The zero-order chi connectivity index (χ0) is 32.4. The Bertz CT molecular complexity index is 1780. The van der Waals surface area contributed by atoms with E-state index >= 15 is 0 Å². The number of Topliss-reactive ketones (excluding diaryl/α,β-unsaturated/α-hetero) is 1. The Morgan fingerprint density at radius 2 is 1.67 bits per heavy atom. The van der Waals surface area contributed by atoms with Gasteiger partial charge in [-0.2, -0.15) is 0 Å². The second-order valence-corrected chi connectivity index (χ2v) is 15.0. The molecule has 0 radical (unpaired) electrons. The van der Waals surface area contributed by atoms with Crippen LogP contribution in [-0.2, 0) is 25.7 Å². The van der Waals surface area contributed by atoms with Gasteiger partial charge in [-0.1, -0.05) is 42.0 Å². The van der Waals surface area contributed by atoms with Crippen LogP contribution >= 0.6 is 47.8 Å². The molecule has 4 atom stereocenters. The fraction of sp³-hybridized carbons (Fsp3) is 0.371. The SMILES string of the molecule is COc1cc([C@H]2C3=CC[C@@H]4C(=O)N(C5CCN(Cc6ccccc6)CC5)C(=O)[C@@H]4[C@@H]3CC3=C2C(=O)C=C(Br)C3=O)c(Br)c(Br)c1O. The molecule has 2 saturated heterocycles. The minimum atomic E-state index is -0.679. The van der Waals surface area contributed by atoms with Gasteiger partial charge in [-0.15, -0.1) is 0 Å². The van der Waals surface area contributed by atoms with Gasteiger partial charge in [-0.3, -0.25) is 29.0 Å². The molecule has 0 spiro atoms. The van der Waals surface area contributed by atoms with E-state index in [2.05, 4.69) is 64.8 Å². The van der Waals surface area contributed by atoms with Gasteiger partial charge in [0.2, 0.25) is 11.8 Å². The van der Waals surface area contributed by atoms with Crippen LogP contribution in [0.15, 0.2) is 78.7 Å². The fourth-order valence-electron chi connectivity index (χ4n) is 8.10. The van der Waals surface area contributed by atoms with Gasteiger partial charge >= 0.3 is 0 Å². The smallest absolute Gasteiger partial charge is 0.233 e. The predicted octanol–water partition coefficient (Wildman–Crippen LogP) is 6.35. The van der Waals surface area contributed by atoms with Crippen LogP contribution in [0.4, 0.5) is 0 Å². The number of likely N-dealkylation sites (tertiary alicyclic amines) is 2. The Labute approximate surface area is 291 Å². The summed E-state index contributed by atoms with van der Waals surface area (Å²) in [4.78, 5) is 59.5. The number of fused-ring (bicyclic) bond motifs is 3. The van der Waals surface area contributed by atoms with Crippen LogP contribution in [0.1, 0.15) is 42.7 Å². The molecule has 0 aromatic heterocycles. The zero-order valence-electron chi connectivity index (χ0n) is 25.0. The number of imide groups is 1. The first kappa shape index (κ1) is 31.7. The molecule has 0 saturated carbocycles. The van der Waals surface area contributed by atoms with Crippen molar-refractivity contribution in [2.45, 2.75) is 44.2 Å². The third kappa shape index (κ3) is 5.09. The molecular formula is C35H31Br3N2O6. The summed E-state index contributed by atoms with van der Waals surface area (Å²) in [6, 6.07) is 11.8. The van der Waals surface area contributed by atoms with Crippen LogP contribution in [0.3, 0.4) is 0 Å². The van der Waals surface area contributed by atoms with E-state index < -0.39 is 23.7 Å². The van der Waals surface area contributed by atoms with E-state index in [0.29, 0.717) is 44.9 Å². The Hall–Kier alpha value is -2.86. The van der Waals surface area contributed by atoms with E-state index in [1.54, 1.807) is 6.07 Å². The van der Waals surface area contributed by atoms with Gasteiger partial charge in [0.1, 0.15) is 0 Å². The molecule has 8 nitrogen and oxygen atoms in total. The van der Waals surface area contributed by atoms with Crippen molar-refractivity contribution in [3.8, 4) is 11.5 Å². The lowest BCUT2D eigenvalue weighted by Gasteiger charge is -2.42. The van der Waals surface area contributed by atoms with Crippen LogP contribution in [0.25, 0.3) is 0 Å². The number of benzene rings is 2. The number of hydrogen-bond donors (Lipinski definition) is 1. The number of aromatic hydroxyl groups is 1. The number of ketones is 2. The molecular weight excluding hydrogens is 784 g/mol. The molecule has 238 valence electrons. The number of nitrogens with zero attached hydrogens (tertiary/aromatic N) is 2. The quantitative estimate of drug-likeness (QED) is 0.213. The van der Waals surface area contributed by atoms with E-state index in [0.717, 1.165) is 25.2 Å². The first-order valence-electron chi connectivity index (χ1n) is 15.4.